The summed E-state index contributed by atoms with van der Waals surface area (Å²) in [5, 5.41) is 19.5. The molecule has 4 aliphatic rings. The van der Waals surface area contributed by atoms with E-state index in [9.17, 15) is 9.90 Å². The lowest BCUT2D eigenvalue weighted by Crippen LogP contribution is -2.55. The molecule has 0 spiro atoms. The minimum absolute atomic E-state index is 0.00679. The quantitative estimate of drug-likeness (QED) is 0.177. The molecule has 0 radical (unpaired) electrons. The molecule has 4 aliphatic carbocycles. The van der Waals surface area contributed by atoms with Crippen molar-refractivity contribution < 1.29 is 15.1 Å². The number of amides is 1. The highest BCUT2D eigenvalue weighted by atomic mass is 16.5. The molecule has 0 heterocycles. The fourth-order valence-electron chi connectivity index (χ4n) is 9.64. The van der Waals surface area contributed by atoms with Gasteiger partial charge >= 0.3 is 0 Å². The summed E-state index contributed by atoms with van der Waals surface area (Å²) in [5.41, 5.74) is 6.30. The van der Waals surface area contributed by atoms with Crippen molar-refractivity contribution in [2.24, 2.45) is 39.4 Å². The number of aliphatic hydroxyl groups is 1. The highest BCUT2D eigenvalue weighted by Gasteiger charge is 2.63. The zero-order chi connectivity index (χ0) is 24.2. The van der Waals surface area contributed by atoms with Crippen LogP contribution in [-0.4, -0.2) is 22.3 Å². The molecular weight excluding hydrogens is 410 g/mol. The largest absolute Gasteiger partial charge is 0.393 e. The van der Waals surface area contributed by atoms with Gasteiger partial charge in [-0.25, -0.2) is 5.48 Å². The Balaban J connectivity index is 1.55. The summed E-state index contributed by atoms with van der Waals surface area (Å²) < 4.78 is 0. The third-order valence-corrected chi connectivity index (χ3v) is 11.9. The summed E-state index contributed by atoms with van der Waals surface area (Å²) in [5.74, 6) is 1.75. The second kappa shape index (κ2) is 8.66. The maximum Gasteiger partial charge on any atom is 0.243 e. The monoisotopic (exact) mass is 459 g/mol. The molecule has 188 valence electrons. The third kappa shape index (κ3) is 3.73. The summed E-state index contributed by atoms with van der Waals surface area (Å²) in [6.07, 6.45) is 13.1. The van der Waals surface area contributed by atoms with E-state index < -0.39 is 0 Å². The van der Waals surface area contributed by atoms with E-state index in [1.807, 2.05) is 5.57 Å². The minimum Gasteiger partial charge on any atom is -0.393 e. The molecule has 0 saturated heterocycles. The van der Waals surface area contributed by atoms with E-state index in [0.29, 0.717) is 29.1 Å². The molecule has 0 bridgehead atoms. The van der Waals surface area contributed by atoms with E-state index in [2.05, 4.69) is 41.5 Å². The number of carbonyl (C=O) groups is 1. The van der Waals surface area contributed by atoms with Gasteiger partial charge in [0.25, 0.3) is 0 Å². The van der Waals surface area contributed by atoms with Crippen LogP contribution in [0.1, 0.15) is 119 Å². The van der Waals surface area contributed by atoms with Crippen LogP contribution in [0.25, 0.3) is 0 Å². The molecule has 1 unspecified atom stereocenters. The Morgan fingerprint density at radius 1 is 1.00 bits per heavy atom. The third-order valence-electron chi connectivity index (χ3n) is 11.9. The lowest BCUT2D eigenvalue weighted by molar-refractivity contribution is -0.129. The number of aliphatic hydroxyl groups excluding tert-OH is 1. The van der Waals surface area contributed by atoms with Gasteiger partial charge in [0, 0.05) is 6.42 Å². The number of carbonyl (C=O) groups excluding carboxylic acids is 1. The maximum absolute atomic E-state index is 11.3. The highest BCUT2D eigenvalue weighted by Crippen LogP contribution is 2.72. The Hall–Kier alpha value is -0.870. The van der Waals surface area contributed by atoms with Crippen LogP contribution in [0, 0.1) is 39.4 Å². The molecule has 4 nitrogen and oxygen atoms in total. The van der Waals surface area contributed by atoms with E-state index >= 15 is 0 Å². The summed E-state index contributed by atoms with van der Waals surface area (Å²) in [6.45, 7) is 14.8. The lowest BCUT2D eigenvalue weighted by Gasteiger charge is -2.62. The van der Waals surface area contributed by atoms with Crippen molar-refractivity contribution in [1.29, 1.82) is 0 Å². The zero-order valence-electron chi connectivity index (χ0n) is 22.1. The van der Waals surface area contributed by atoms with Crippen molar-refractivity contribution >= 4 is 5.91 Å². The van der Waals surface area contributed by atoms with Crippen LogP contribution >= 0.6 is 0 Å². The van der Waals surface area contributed by atoms with E-state index in [1.54, 1.807) is 11.1 Å². The van der Waals surface area contributed by atoms with Crippen LogP contribution in [0.5, 0.6) is 0 Å². The molecule has 2 fully saturated rings. The van der Waals surface area contributed by atoms with Gasteiger partial charge in [0.05, 0.1) is 6.10 Å². The molecule has 4 rings (SSSR count). The molecule has 0 aromatic carbocycles. The van der Waals surface area contributed by atoms with Gasteiger partial charge in [-0.05, 0) is 97.2 Å². The van der Waals surface area contributed by atoms with Crippen molar-refractivity contribution in [3.8, 4) is 0 Å². The van der Waals surface area contributed by atoms with Crippen molar-refractivity contribution in [3.05, 3.63) is 11.1 Å². The predicted octanol–water partition coefficient (Wildman–Crippen LogP) is 6.80. The molecule has 2 saturated carbocycles. The SMILES string of the molecule is C[C@H](CCCCC(=O)NO)[C@H]1CC[C@@]2(C)C3=C(CC[C@]12C)[C@@]1(C)CCC(O)C(C)(C)[C@@H]1CC3. The molecule has 33 heavy (non-hydrogen) atoms. The van der Waals surface area contributed by atoms with Gasteiger partial charge < -0.3 is 5.11 Å². The van der Waals surface area contributed by atoms with Gasteiger partial charge in [-0.15, -0.1) is 0 Å². The zero-order valence-corrected chi connectivity index (χ0v) is 22.1. The normalized spacial score (nSPS) is 42.8. The molecule has 3 N–H and O–H groups in total. The summed E-state index contributed by atoms with van der Waals surface area (Å²) in [6, 6.07) is 0. The standard InChI is InChI=1S/C29H49NO3/c1-19(9-7-8-10-25(32)30-33)20-13-17-29(6)22-11-12-23-26(2,3)24(31)15-16-27(23,4)21(22)14-18-28(20,29)5/h19-20,23-24,31,33H,7-18H2,1-6H3,(H,30,32)/t19-,20-,23+,24?,27-,28-,29+/m1/s1. The Morgan fingerprint density at radius 3 is 2.42 bits per heavy atom. The van der Waals surface area contributed by atoms with Gasteiger partial charge in [-0.2, -0.15) is 0 Å². The van der Waals surface area contributed by atoms with E-state index in [0.717, 1.165) is 31.6 Å². The number of fused-ring (bicyclic) bond motifs is 4. The first-order valence-corrected chi connectivity index (χ1v) is 13.8. The second-order valence-corrected chi connectivity index (χ2v) is 13.5. The van der Waals surface area contributed by atoms with Gasteiger partial charge in [0.2, 0.25) is 5.91 Å². The number of rotatable bonds is 6. The van der Waals surface area contributed by atoms with Gasteiger partial charge in [0.1, 0.15) is 0 Å². The van der Waals surface area contributed by atoms with Crippen molar-refractivity contribution in [3.63, 3.8) is 0 Å². The second-order valence-electron chi connectivity index (χ2n) is 13.5. The number of allylic oxidation sites excluding steroid dienone is 2. The van der Waals surface area contributed by atoms with Crippen molar-refractivity contribution in [2.75, 3.05) is 0 Å². The van der Waals surface area contributed by atoms with Crippen LogP contribution in [0.2, 0.25) is 0 Å². The summed E-state index contributed by atoms with van der Waals surface area (Å²) >= 11 is 0. The first-order valence-electron chi connectivity index (χ1n) is 13.8. The minimum atomic E-state index is -0.266. The average molecular weight is 460 g/mol. The van der Waals surface area contributed by atoms with E-state index in [4.69, 9.17) is 5.21 Å². The lowest BCUT2D eigenvalue weighted by atomic mass is 9.43. The number of nitrogens with one attached hydrogen (secondary N) is 1. The molecular formula is C29H49NO3. The van der Waals surface area contributed by atoms with Crippen LogP contribution in [0.3, 0.4) is 0 Å². The fourth-order valence-corrected chi connectivity index (χ4v) is 9.64. The molecule has 7 atom stereocenters. The van der Waals surface area contributed by atoms with Gasteiger partial charge in [-0.3, -0.25) is 10.0 Å². The van der Waals surface area contributed by atoms with Crippen LogP contribution in [-0.2, 0) is 4.79 Å². The Bertz CT molecular complexity index is 803. The number of hydrogen-bond acceptors (Lipinski definition) is 3. The molecule has 0 aromatic heterocycles. The Morgan fingerprint density at radius 2 is 1.73 bits per heavy atom. The molecule has 4 heteroatoms. The van der Waals surface area contributed by atoms with Crippen LogP contribution in [0.15, 0.2) is 11.1 Å². The highest BCUT2D eigenvalue weighted by molar-refractivity contribution is 5.74. The smallest absolute Gasteiger partial charge is 0.243 e. The molecule has 0 aromatic rings. The van der Waals surface area contributed by atoms with E-state index in [1.165, 1.54) is 44.9 Å². The fraction of sp³-hybridized carbons (Fsp3) is 0.897. The number of unbranched alkanes of at least 4 members (excludes halogenated alkanes) is 1. The summed E-state index contributed by atoms with van der Waals surface area (Å²) in [4.78, 5) is 11.3. The average Bonchev–Trinajstić information content (AvgIpc) is 3.05. The topological polar surface area (TPSA) is 69.6 Å². The van der Waals surface area contributed by atoms with Gasteiger partial charge in [-0.1, -0.05) is 65.5 Å². The van der Waals surface area contributed by atoms with Gasteiger partial charge in [0.15, 0.2) is 0 Å². The van der Waals surface area contributed by atoms with Crippen molar-refractivity contribution in [2.45, 2.75) is 125 Å². The van der Waals surface area contributed by atoms with Crippen LogP contribution < -0.4 is 5.48 Å². The van der Waals surface area contributed by atoms with E-state index in [-0.39, 0.29) is 22.8 Å². The Labute approximate surface area is 201 Å². The Kier molecular flexibility index (Phi) is 6.62. The summed E-state index contributed by atoms with van der Waals surface area (Å²) in [7, 11) is 0. The van der Waals surface area contributed by atoms with Crippen LogP contribution in [0.4, 0.5) is 0 Å². The first kappa shape index (κ1) is 25.2. The molecule has 0 aliphatic heterocycles. The van der Waals surface area contributed by atoms with Crippen molar-refractivity contribution in [1.82, 2.24) is 5.48 Å². The predicted molar refractivity (Wildman–Crippen MR) is 133 cm³/mol. The maximum atomic E-state index is 11.3. The first-order chi connectivity index (χ1) is 15.4. The number of hydrogen-bond donors (Lipinski definition) is 3. The number of hydroxylamine groups is 1. The molecule has 1 amide bonds.